The van der Waals surface area contributed by atoms with Gasteiger partial charge in [0.2, 0.25) is 5.76 Å². The summed E-state index contributed by atoms with van der Waals surface area (Å²) < 4.78 is 9.91. The summed E-state index contributed by atoms with van der Waals surface area (Å²) in [5.74, 6) is 0.487. The molecule has 1 aromatic heterocycles. The van der Waals surface area contributed by atoms with Crippen LogP contribution in [0, 0.1) is 5.41 Å². The zero-order valence-electron chi connectivity index (χ0n) is 10.6. The Labute approximate surface area is 106 Å². The van der Waals surface area contributed by atoms with Crippen LogP contribution in [0.1, 0.15) is 35.6 Å². The highest BCUT2D eigenvalue weighted by atomic mass is 16.5. The van der Waals surface area contributed by atoms with Gasteiger partial charge in [0, 0.05) is 13.2 Å². The van der Waals surface area contributed by atoms with Crippen molar-refractivity contribution in [2.45, 2.75) is 25.8 Å². The van der Waals surface area contributed by atoms with E-state index in [4.69, 9.17) is 9.52 Å². The first-order valence-electron chi connectivity index (χ1n) is 6.18. The monoisotopic (exact) mass is 253 g/mol. The molecule has 0 atom stereocenters. The quantitative estimate of drug-likeness (QED) is 0.717. The van der Waals surface area contributed by atoms with Crippen LogP contribution < -0.4 is 5.32 Å². The fraction of sp³-hybridized carbons (Fsp3) is 0.615. The van der Waals surface area contributed by atoms with Gasteiger partial charge in [-0.15, -0.1) is 0 Å². The Hall–Kier alpha value is -1.33. The number of hydrogen-bond donors (Lipinski definition) is 2. The first-order valence-corrected chi connectivity index (χ1v) is 6.18. The minimum atomic E-state index is -0.458. The van der Waals surface area contributed by atoms with Crippen molar-refractivity contribution in [1.29, 1.82) is 0 Å². The van der Waals surface area contributed by atoms with Gasteiger partial charge in [-0.1, -0.05) is 0 Å². The van der Waals surface area contributed by atoms with Crippen LogP contribution >= 0.6 is 0 Å². The van der Waals surface area contributed by atoms with Crippen molar-refractivity contribution in [3.63, 3.8) is 0 Å². The van der Waals surface area contributed by atoms with E-state index in [-0.39, 0.29) is 17.8 Å². The molecule has 1 fully saturated rings. The summed E-state index contributed by atoms with van der Waals surface area (Å²) in [6.45, 7) is 1.71. The standard InChI is InChI=1S/C13H19NO4/c1-17-12(16)11-3-2-10(18-11)8-14-9-13(4-5-13)6-7-15/h2-3,14-15H,4-9H2,1H3. The van der Waals surface area contributed by atoms with Gasteiger partial charge in [-0.3, -0.25) is 0 Å². The molecule has 0 unspecified atom stereocenters. The average Bonchev–Trinajstić information content (AvgIpc) is 2.96. The summed E-state index contributed by atoms with van der Waals surface area (Å²) >= 11 is 0. The van der Waals surface area contributed by atoms with E-state index < -0.39 is 5.97 Å². The van der Waals surface area contributed by atoms with E-state index in [1.165, 1.54) is 20.0 Å². The SMILES string of the molecule is COC(=O)c1ccc(CNCC2(CCO)CC2)o1. The maximum atomic E-state index is 11.2. The number of aliphatic hydroxyl groups is 1. The molecule has 1 heterocycles. The number of methoxy groups -OCH3 is 1. The second-order valence-corrected chi connectivity index (χ2v) is 4.83. The molecule has 18 heavy (non-hydrogen) atoms. The van der Waals surface area contributed by atoms with Crippen LogP contribution in [-0.2, 0) is 11.3 Å². The van der Waals surface area contributed by atoms with Crippen molar-refractivity contribution < 1.29 is 19.1 Å². The van der Waals surface area contributed by atoms with Crippen molar-refractivity contribution in [2.24, 2.45) is 5.41 Å². The fourth-order valence-corrected chi connectivity index (χ4v) is 2.06. The minimum absolute atomic E-state index is 0.228. The highest BCUT2D eigenvalue weighted by Crippen LogP contribution is 2.47. The van der Waals surface area contributed by atoms with Gasteiger partial charge in [-0.25, -0.2) is 4.79 Å². The van der Waals surface area contributed by atoms with Crippen molar-refractivity contribution >= 4 is 5.97 Å². The molecule has 5 heteroatoms. The fourth-order valence-electron chi connectivity index (χ4n) is 2.06. The molecule has 0 spiro atoms. The maximum Gasteiger partial charge on any atom is 0.373 e. The number of hydrogen-bond acceptors (Lipinski definition) is 5. The molecule has 1 aliphatic carbocycles. The van der Waals surface area contributed by atoms with Gasteiger partial charge < -0.3 is 19.6 Å². The Morgan fingerprint density at radius 2 is 2.33 bits per heavy atom. The predicted molar refractivity (Wildman–Crippen MR) is 65.1 cm³/mol. The van der Waals surface area contributed by atoms with E-state index >= 15 is 0 Å². The van der Waals surface area contributed by atoms with Crippen LogP contribution in [0.4, 0.5) is 0 Å². The van der Waals surface area contributed by atoms with Gasteiger partial charge >= 0.3 is 5.97 Å². The molecular formula is C13H19NO4. The number of nitrogens with one attached hydrogen (secondary N) is 1. The van der Waals surface area contributed by atoms with E-state index in [0.29, 0.717) is 6.54 Å². The summed E-state index contributed by atoms with van der Waals surface area (Å²) in [6.07, 6.45) is 3.20. The second kappa shape index (κ2) is 5.54. The van der Waals surface area contributed by atoms with E-state index in [9.17, 15) is 4.79 Å². The van der Waals surface area contributed by atoms with E-state index in [2.05, 4.69) is 10.1 Å². The van der Waals surface area contributed by atoms with Gasteiger partial charge in [0.15, 0.2) is 0 Å². The lowest BCUT2D eigenvalue weighted by Crippen LogP contribution is -2.24. The molecule has 100 valence electrons. The Balaban J connectivity index is 1.77. The molecule has 0 radical (unpaired) electrons. The number of carbonyl (C=O) groups excluding carboxylic acids is 1. The van der Waals surface area contributed by atoms with Gasteiger partial charge in [0.05, 0.1) is 13.7 Å². The van der Waals surface area contributed by atoms with Crippen LogP contribution in [0.3, 0.4) is 0 Å². The average molecular weight is 253 g/mol. The Morgan fingerprint density at radius 3 is 2.94 bits per heavy atom. The summed E-state index contributed by atoms with van der Waals surface area (Å²) in [7, 11) is 1.33. The summed E-state index contributed by atoms with van der Waals surface area (Å²) in [6, 6.07) is 3.38. The Bertz CT molecular complexity index is 409. The smallest absolute Gasteiger partial charge is 0.373 e. The van der Waals surface area contributed by atoms with Gasteiger partial charge in [0.25, 0.3) is 0 Å². The molecule has 0 aromatic carbocycles. The van der Waals surface area contributed by atoms with Gasteiger partial charge in [0.1, 0.15) is 5.76 Å². The van der Waals surface area contributed by atoms with E-state index in [0.717, 1.165) is 18.7 Å². The lowest BCUT2D eigenvalue weighted by atomic mass is 10.0. The lowest BCUT2D eigenvalue weighted by Gasteiger charge is -2.13. The van der Waals surface area contributed by atoms with E-state index in [1.54, 1.807) is 12.1 Å². The van der Waals surface area contributed by atoms with E-state index in [1.807, 2.05) is 0 Å². The zero-order valence-corrected chi connectivity index (χ0v) is 10.6. The van der Waals surface area contributed by atoms with Gasteiger partial charge in [-0.05, 0) is 36.8 Å². The zero-order chi connectivity index (χ0) is 13.0. The minimum Gasteiger partial charge on any atom is -0.463 e. The largest absolute Gasteiger partial charge is 0.463 e. The predicted octanol–water partition coefficient (Wildman–Crippen LogP) is 1.32. The third-order valence-corrected chi connectivity index (χ3v) is 3.45. The molecule has 0 saturated heterocycles. The first-order chi connectivity index (χ1) is 8.69. The number of ether oxygens (including phenoxy) is 1. The van der Waals surface area contributed by atoms with Crippen molar-refractivity contribution in [1.82, 2.24) is 5.32 Å². The maximum absolute atomic E-state index is 11.2. The summed E-state index contributed by atoms with van der Waals surface area (Å²) in [5, 5.41) is 12.3. The lowest BCUT2D eigenvalue weighted by molar-refractivity contribution is 0.0562. The number of furan rings is 1. The molecular weight excluding hydrogens is 234 g/mol. The third kappa shape index (κ3) is 3.11. The number of esters is 1. The molecule has 0 aliphatic heterocycles. The van der Waals surface area contributed by atoms with Crippen LogP contribution in [0.25, 0.3) is 0 Å². The van der Waals surface area contributed by atoms with Crippen molar-refractivity contribution in [3.8, 4) is 0 Å². The summed E-state index contributed by atoms with van der Waals surface area (Å²) in [5.41, 5.74) is 0.284. The molecule has 2 rings (SSSR count). The molecule has 1 aromatic rings. The van der Waals surface area contributed by atoms with Crippen LogP contribution in [0.15, 0.2) is 16.5 Å². The number of aliphatic hydroxyl groups excluding tert-OH is 1. The van der Waals surface area contributed by atoms with Crippen LogP contribution in [0.5, 0.6) is 0 Å². The normalized spacial score (nSPS) is 16.6. The Kier molecular flexibility index (Phi) is 4.04. The molecule has 0 amide bonds. The summed E-state index contributed by atoms with van der Waals surface area (Å²) in [4.78, 5) is 11.2. The number of rotatable bonds is 7. The highest BCUT2D eigenvalue weighted by Gasteiger charge is 2.41. The molecule has 2 N–H and O–H groups in total. The van der Waals surface area contributed by atoms with Crippen LogP contribution in [-0.4, -0.2) is 31.3 Å². The second-order valence-electron chi connectivity index (χ2n) is 4.83. The van der Waals surface area contributed by atoms with Crippen LogP contribution in [0.2, 0.25) is 0 Å². The molecule has 5 nitrogen and oxygen atoms in total. The first kappa shape index (κ1) is 13.1. The number of carbonyl (C=O) groups is 1. The topological polar surface area (TPSA) is 71.7 Å². The van der Waals surface area contributed by atoms with Crippen molar-refractivity contribution in [2.75, 3.05) is 20.3 Å². The highest BCUT2D eigenvalue weighted by molar-refractivity contribution is 5.86. The molecule has 0 bridgehead atoms. The third-order valence-electron chi connectivity index (χ3n) is 3.45. The molecule has 1 saturated carbocycles. The van der Waals surface area contributed by atoms with Gasteiger partial charge in [-0.2, -0.15) is 0 Å². The van der Waals surface area contributed by atoms with Crippen molar-refractivity contribution in [3.05, 3.63) is 23.7 Å². The molecule has 1 aliphatic rings. The Morgan fingerprint density at radius 1 is 1.56 bits per heavy atom.